The van der Waals surface area contributed by atoms with Crippen LogP contribution in [0.5, 0.6) is 0 Å². The molecule has 1 aliphatic heterocycles. The van der Waals surface area contributed by atoms with Gasteiger partial charge in [-0.15, -0.1) is 0 Å². The fourth-order valence-corrected chi connectivity index (χ4v) is 3.03. The summed E-state index contributed by atoms with van der Waals surface area (Å²) in [5.41, 5.74) is 1.04. The Balaban J connectivity index is 2.20. The molecule has 0 amide bonds. The molecule has 5 heteroatoms. The average Bonchev–Trinajstić information content (AvgIpc) is 2.46. The summed E-state index contributed by atoms with van der Waals surface area (Å²) in [7, 11) is 0. The molecule has 2 atom stereocenters. The number of ether oxygens (including phenoxy) is 1. The number of piperazine rings is 1. The van der Waals surface area contributed by atoms with Gasteiger partial charge in [0.15, 0.2) is 0 Å². The van der Waals surface area contributed by atoms with Crippen LogP contribution in [0.3, 0.4) is 0 Å². The third-order valence-corrected chi connectivity index (χ3v) is 4.17. The summed E-state index contributed by atoms with van der Waals surface area (Å²) in [6.07, 6.45) is 0.531. The number of carbonyl (C=O) groups excluding carboxylic acids is 1. The van der Waals surface area contributed by atoms with Crippen molar-refractivity contribution < 1.29 is 13.9 Å². The number of hydrogen-bond acceptors (Lipinski definition) is 4. The Morgan fingerprint density at radius 1 is 1.46 bits per heavy atom. The molecule has 1 aromatic carbocycles. The average molecular weight is 336 g/mol. The largest absolute Gasteiger partial charge is 0.459 e. The lowest BCUT2D eigenvalue weighted by molar-refractivity contribution is -0.162. The van der Waals surface area contributed by atoms with Gasteiger partial charge in [-0.3, -0.25) is 9.69 Å². The highest BCUT2D eigenvalue weighted by Crippen LogP contribution is 2.18. The molecular weight excluding hydrogens is 307 g/mol. The maximum atomic E-state index is 13.5. The van der Waals surface area contributed by atoms with E-state index in [-0.39, 0.29) is 17.8 Å². The Bertz CT molecular complexity index is 583. The molecule has 0 unspecified atom stereocenters. The Morgan fingerprint density at radius 3 is 2.75 bits per heavy atom. The van der Waals surface area contributed by atoms with Crippen molar-refractivity contribution >= 4 is 5.97 Å². The molecule has 0 aromatic heterocycles. The summed E-state index contributed by atoms with van der Waals surface area (Å²) in [5, 5.41) is 3.39. The predicted octanol–water partition coefficient (Wildman–Crippen LogP) is 2.68. The normalized spacial score (nSPS) is 20.7. The fraction of sp³-hybridized carbons (Fsp3) is 0.632. The number of nitrogens with one attached hydrogen (secondary N) is 1. The van der Waals surface area contributed by atoms with Gasteiger partial charge in [0, 0.05) is 25.7 Å². The lowest BCUT2D eigenvalue weighted by Crippen LogP contribution is -2.56. The fourth-order valence-electron chi connectivity index (χ4n) is 3.03. The highest BCUT2D eigenvalue weighted by atomic mass is 19.1. The first-order chi connectivity index (χ1) is 11.2. The number of carbonyl (C=O) groups is 1. The number of benzene rings is 1. The number of aryl methyl sites for hydroxylation is 1. The summed E-state index contributed by atoms with van der Waals surface area (Å²) in [6, 6.07) is 5.03. The van der Waals surface area contributed by atoms with Crippen LogP contribution < -0.4 is 5.32 Å². The molecule has 134 valence electrons. The summed E-state index contributed by atoms with van der Waals surface area (Å²) >= 11 is 0. The molecule has 0 spiro atoms. The molecule has 2 rings (SSSR count). The number of nitrogens with zero attached hydrogens (tertiary/aromatic N) is 1. The minimum Gasteiger partial charge on any atom is -0.459 e. The van der Waals surface area contributed by atoms with Gasteiger partial charge in [0.1, 0.15) is 17.5 Å². The van der Waals surface area contributed by atoms with Gasteiger partial charge in [-0.1, -0.05) is 12.1 Å². The zero-order chi connectivity index (χ0) is 17.9. The van der Waals surface area contributed by atoms with E-state index in [1.54, 1.807) is 13.0 Å². The summed E-state index contributed by atoms with van der Waals surface area (Å²) in [6.45, 7) is 11.9. The van der Waals surface area contributed by atoms with Crippen LogP contribution >= 0.6 is 0 Å². The van der Waals surface area contributed by atoms with E-state index in [9.17, 15) is 9.18 Å². The molecule has 0 aliphatic carbocycles. The molecule has 4 nitrogen and oxygen atoms in total. The molecule has 24 heavy (non-hydrogen) atoms. The van der Waals surface area contributed by atoms with Gasteiger partial charge in [0.25, 0.3) is 0 Å². The first kappa shape index (κ1) is 18.9. The van der Waals surface area contributed by atoms with Crippen molar-refractivity contribution in [2.45, 2.75) is 58.7 Å². The zero-order valence-electron chi connectivity index (χ0n) is 15.4. The van der Waals surface area contributed by atoms with Gasteiger partial charge in [0.2, 0.25) is 0 Å². The molecule has 1 aliphatic rings. The molecule has 1 fully saturated rings. The summed E-state index contributed by atoms with van der Waals surface area (Å²) in [4.78, 5) is 14.9. The third kappa shape index (κ3) is 5.28. The minimum absolute atomic E-state index is 0.210. The van der Waals surface area contributed by atoms with Crippen molar-refractivity contribution in [2.24, 2.45) is 0 Å². The molecule has 1 aromatic rings. The van der Waals surface area contributed by atoms with Crippen LogP contribution in [-0.2, 0) is 16.0 Å². The van der Waals surface area contributed by atoms with Crippen LogP contribution in [0.2, 0.25) is 0 Å². The lowest BCUT2D eigenvalue weighted by Gasteiger charge is -2.37. The Hall–Kier alpha value is -1.46. The number of rotatable bonds is 4. The van der Waals surface area contributed by atoms with Gasteiger partial charge < -0.3 is 10.1 Å². The van der Waals surface area contributed by atoms with Crippen LogP contribution in [-0.4, -0.2) is 48.2 Å². The van der Waals surface area contributed by atoms with E-state index in [2.05, 4.69) is 17.1 Å². The number of esters is 1. The van der Waals surface area contributed by atoms with Gasteiger partial charge in [0.05, 0.1) is 0 Å². The molecule has 1 N–H and O–H groups in total. The molecule has 0 radical (unpaired) electrons. The highest BCUT2D eigenvalue weighted by molar-refractivity contribution is 5.76. The maximum Gasteiger partial charge on any atom is 0.324 e. The molecular formula is C19H29FN2O2. The molecule has 1 saturated heterocycles. The van der Waals surface area contributed by atoms with Crippen molar-refractivity contribution in [3.63, 3.8) is 0 Å². The quantitative estimate of drug-likeness (QED) is 0.859. The Kier molecular flexibility index (Phi) is 5.99. The predicted molar refractivity (Wildman–Crippen MR) is 93.5 cm³/mol. The number of hydrogen-bond donors (Lipinski definition) is 1. The van der Waals surface area contributed by atoms with Crippen LogP contribution in [0.1, 0.15) is 38.8 Å². The first-order valence-electron chi connectivity index (χ1n) is 8.61. The minimum atomic E-state index is -0.520. The summed E-state index contributed by atoms with van der Waals surface area (Å²) in [5.74, 6) is -0.429. The maximum absolute atomic E-state index is 13.5. The van der Waals surface area contributed by atoms with E-state index in [1.165, 1.54) is 6.07 Å². The van der Waals surface area contributed by atoms with Crippen molar-refractivity contribution in [2.75, 3.05) is 19.6 Å². The van der Waals surface area contributed by atoms with Crippen LogP contribution in [0.15, 0.2) is 18.2 Å². The van der Waals surface area contributed by atoms with Crippen LogP contribution in [0.4, 0.5) is 4.39 Å². The summed E-state index contributed by atoms with van der Waals surface area (Å²) < 4.78 is 19.2. The third-order valence-electron chi connectivity index (χ3n) is 4.17. The van der Waals surface area contributed by atoms with Crippen LogP contribution in [0, 0.1) is 12.7 Å². The van der Waals surface area contributed by atoms with E-state index in [1.807, 2.05) is 26.8 Å². The van der Waals surface area contributed by atoms with Gasteiger partial charge in [-0.2, -0.15) is 0 Å². The van der Waals surface area contributed by atoms with E-state index in [0.29, 0.717) is 18.0 Å². The highest BCUT2D eigenvalue weighted by Gasteiger charge is 2.32. The van der Waals surface area contributed by atoms with Gasteiger partial charge >= 0.3 is 5.97 Å². The number of halogens is 1. The standard InChI is InChI=1S/C19H29FN2O2/c1-13-10-15(6-7-16(13)20)11-17(18(23)24-19(3,4)5)22-9-8-21-14(2)12-22/h6-7,10,14,17,21H,8-9,11-12H2,1-5H3/t14-,17-/m0/s1. The van der Waals surface area contributed by atoms with Crippen molar-refractivity contribution in [3.8, 4) is 0 Å². The first-order valence-corrected chi connectivity index (χ1v) is 8.61. The topological polar surface area (TPSA) is 41.6 Å². The monoisotopic (exact) mass is 336 g/mol. The smallest absolute Gasteiger partial charge is 0.324 e. The van der Waals surface area contributed by atoms with E-state index in [0.717, 1.165) is 25.2 Å². The molecule has 0 bridgehead atoms. The molecule has 1 heterocycles. The van der Waals surface area contributed by atoms with Gasteiger partial charge in [-0.05, 0) is 58.2 Å². The lowest BCUT2D eigenvalue weighted by atomic mass is 10.0. The van der Waals surface area contributed by atoms with Crippen LogP contribution in [0.25, 0.3) is 0 Å². The molecule has 0 saturated carbocycles. The van der Waals surface area contributed by atoms with E-state index < -0.39 is 5.60 Å². The van der Waals surface area contributed by atoms with E-state index in [4.69, 9.17) is 4.74 Å². The Labute approximate surface area is 144 Å². The SMILES string of the molecule is Cc1cc(C[C@@H](C(=O)OC(C)(C)C)N2CCN[C@@H](C)C2)ccc1F. The van der Waals surface area contributed by atoms with E-state index >= 15 is 0 Å². The van der Waals surface area contributed by atoms with Gasteiger partial charge in [-0.25, -0.2) is 4.39 Å². The van der Waals surface area contributed by atoms with Crippen molar-refractivity contribution in [1.29, 1.82) is 0 Å². The van der Waals surface area contributed by atoms with Crippen molar-refractivity contribution in [1.82, 2.24) is 10.2 Å². The second-order valence-electron chi connectivity index (χ2n) is 7.69. The second kappa shape index (κ2) is 7.62. The van der Waals surface area contributed by atoms with Crippen molar-refractivity contribution in [3.05, 3.63) is 35.1 Å². The second-order valence-corrected chi connectivity index (χ2v) is 7.69. The zero-order valence-corrected chi connectivity index (χ0v) is 15.4. The Morgan fingerprint density at radius 2 is 2.17 bits per heavy atom.